The van der Waals surface area contributed by atoms with Crippen LogP contribution >= 0.6 is 15.9 Å². The second-order valence-corrected chi connectivity index (χ2v) is 7.02. The molecular formula is C10H16BrNO2S. The maximum Gasteiger partial charge on any atom is 0.236 e. The number of carbonyl (C=O) groups is 1. The van der Waals surface area contributed by atoms with Gasteiger partial charge in [0.25, 0.3) is 0 Å². The lowest BCUT2D eigenvalue weighted by Gasteiger charge is -2.38. The van der Waals surface area contributed by atoms with Crippen LogP contribution in [0.25, 0.3) is 0 Å². The first-order valence-corrected chi connectivity index (χ1v) is 7.88. The molecule has 1 atom stereocenters. The second-order valence-electron chi connectivity index (χ2n) is 4.22. The monoisotopic (exact) mass is 293 g/mol. The van der Waals surface area contributed by atoms with Crippen molar-refractivity contribution in [1.82, 2.24) is 4.90 Å². The van der Waals surface area contributed by atoms with Crippen LogP contribution in [0.1, 0.15) is 25.7 Å². The number of amides is 1. The molecule has 0 aromatic rings. The summed E-state index contributed by atoms with van der Waals surface area (Å²) >= 11 is 3.42. The fourth-order valence-electron chi connectivity index (χ4n) is 2.31. The van der Waals surface area contributed by atoms with Gasteiger partial charge in [-0.05, 0) is 25.7 Å². The highest BCUT2D eigenvalue weighted by atomic mass is 79.9. The predicted molar refractivity (Wildman–Crippen MR) is 64.6 cm³/mol. The van der Waals surface area contributed by atoms with Crippen molar-refractivity contribution in [3.05, 3.63) is 0 Å². The summed E-state index contributed by atoms with van der Waals surface area (Å²) in [5.41, 5.74) is 0. The first-order chi connectivity index (χ1) is 7.18. The number of piperidine rings is 1. The zero-order chi connectivity index (χ0) is 10.8. The van der Waals surface area contributed by atoms with Crippen molar-refractivity contribution in [3.63, 3.8) is 0 Å². The summed E-state index contributed by atoms with van der Waals surface area (Å²) < 4.78 is 11.2. The molecule has 3 nitrogen and oxygen atoms in total. The Balaban J connectivity index is 1.97. The zero-order valence-electron chi connectivity index (χ0n) is 8.65. The molecule has 2 aliphatic rings. The van der Waals surface area contributed by atoms with E-state index in [2.05, 4.69) is 15.9 Å². The number of likely N-dealkylation sites (tertiary alicyclic amines) is 1. The molecule has 2 saturated heterocycles. The highest BCUT2D eigenvalue weighted by Crippen LogP contribution is 2.24. The van der Waals surface area contributed by atoms with Crippen molar-refractivity contribution in [2.45, 2.75) is 36.6 Å². The third-order valence-electron chi connectivity index (χ3n) is 3.21. The van der Waals surface area contributed by atoms with E-state index in [0.29, 0.717) is 6.04 Å². The fourth-order valence-corrected chi connectivity index (χ4v) is 4.17. The smallest absolute Gasteiger partial charge is 0.236 e. The van der Waals surface area contributed by atoms with Crippen molar-refractivity contribution in [3.8, 4) is 0 Å². The van der Waals surface area contributed by atoms with Gasteiger partial charge in [-0.25, -0.2) is 0 Å². The first kappa shape index (κ1) is 11.6. The molecule has 15 heavy (non-hydrogen) atoms. The zero-order valence-corrected chi connectivity index (χ0v) is 11.1. The molecule has 2 rings (SSSR count). The Labute approximate surface area is 101 Å². The molecule has 0 bridgehead atoms. The van der Waals surface area contributed by atoms with Gasteiger partial charge in [0.15, 0.2) is 0 Å². The molecule has 0 aliphatic carbocycles. The molecule has 0 N–H and O–H groups in total. The minimum absolute atomic E-state index is 0.0127. The molecule has 0 radical (unpaired) electrons. The quantitative estimate of drug-likeness (QED) is 0.683. The summed E-state index contributed by atoms with van der Waals surface area (Å²) in [6.07, 6.45) is 3.87. The molecule has 0 aromatic carbocycles. The van der Waals surface area contributed by atoms with Gasteiger partial charge in [-0.2, -0.15) is 0 Å². The first-order valence-electron chi connectivity index (χ1n) is 5.48. The van der Waals surface area contributed by atoms with Crippen LogP contribution in [0, 0.1) is 0 Å². The molecule has 0 aromatic heterocycles. The number of rotatable bonds is 1. The Morgan fingerprint density at radius 1 is 1.27 bits per heavy atom. The highest BCUT2D eigenvalue weighted by Gasteiger charge is 2.33. The second kappa shape index (κ2) is 4.95. The lowest BCUT2D eigenvalue weighted by atomic mass is 10.0. The van der Waals surface area contributed by atoms with Crippen molar-refractivity contribution >= 4 is 32.6 Å². The summed E-state index contributed by atoms with van der Waals surface area (Å²) in [5.74, 6) is 1.77. The Bertz CT molecular complexity index is 275. The van der Waals surface area contributed by atoms with Gasteiger partial charge in [-0.3, -0.25) is 9.00 Å². The maximum absolute atomic E-state index is 11.9. The molecule has 1 amide bonds. The minimum Gasteiger partial charge on any atom is -0.339 e. The Hall–Kier alpha value is 0.1000. The molecule has 0 saturated carbocycles. The van der Waals surface area contributed by atoms with E-state index in [1.54, 1.807) is 0 Å². The molecule has 2 aliphatic heterocycles. The van der Waals surface area contributed by atoms with Crippen molar-refractivity contribution in [1.29, 1.82) is 0 Å². The van der Waals surface area contributed by atoms with E-state index in [1.165, 1.54) is 0 Å². The van der Waals surface area contributed by atoms with Crippen molar-refractivity contribution < 1.29 is 9.00 Å². The van der Waals surface area contributed by atoms with E-state index < -0.39 is 10.8 Å². The van der Waals surface area contributed by atoms with Gasteiger partial charge in [-0.15, -0.1) is 0 Å². The van der Waals surface area contributed by atoms with Gasteiger partial charge in [0.1, 0.15) is 0 Å². The van der Waals surface area contributed by atoms with Crippen LogP contribution < -0.4 is 0 Å². The highest BCUT2D eigenvalue weighted by molar-refractivity contribution is 9.10. The van der Waals surface area contributed by atoms with Crippen molar-refractivity contribution in [2.75, 3.05) is 18.1 Å². The van der Waals surface area contributed by atoms with E-state index in [0.717, 1.165) is 43.7 Å². The SMILES string of the molecule is O=C1C(Br)CCCN1C1CCS(=O)CC1. The van der Waals surface area contributed by atoms with Gasteiger partial charge in [0.2, 0.25) is 5.91 Å². The molecule has 2 heterocycles. The maximum atomic E-state index is 11.9. The third-order valence-corrected chi connectivity index (χ3v) is 5.44. The normalized spacial score (nSPS) is 38.1. The van der Waals surface area contributed by atoms with Crippen molar-refractivity contribution in [2.24, 2.45) is 0 Å². The average Bonchev–Trinajstić information content (AvgIpc) is 2.24. The topological polar surface area (TPSA) is 37.4 Å². The van der Waals surface area contributed by atoms with Crippen LogP contribution in [0.5, 0.6) is 0 Å². The lowest BCUT2D eigenvalue weighted by Crippen LogP contribution is -2.49. The molecule has 86 valence electrons. The summed E-state index contributed by atoms with van der Waals surface area (Å²) in [6, 6.07) is 0.343. The Morgan fingerprint density at radius 2 is 1.93 bits per heavy atom. The van der Waals surface area contributed by atoms with E-state index in [-0.39, 0.29) is 10.7 Å². The van der Waals surface area contributed by atoms with Crippen LogP contribution in [0.15, 0.2) is 0 Å². The van der Waals surface area contributed by atoms with Gasteiger partial charge >= 0.3 is 0 Å². The predicted octanol–water partition coefficient (Wildman–Crippen LogP) is 1.28. The average molecular weight is 294 g/mol. The van der Waals surface area contributed by atoms with Gasteiger partial charge < -0.3 is 4.90 Å². The number of alkyl halides is 1. The van der Waals surface area contributed by atoms with Gasteiger partial charge in [0.05, 0.1) is 4.83 Å². The number of halogens is 1. The molecule has 0 spiro atoms. The summed E-state index contributed by atoms with van der Waals surface area (Å²) in [7, 11) is -0.635. The van der Waals surface area contributed by atoms with E-state index in [4.69, 9.17) is 0 Å². The van der Waals surface area contributed by atoms with E-state index in [9.17, 15) is 9.00 Å². The number of carbonyl (C=O) groups excluding carboxylic acids is 1. The third kappa shape index (κ3) is 2.61. The molecular weight excluding hydrogens is 278 g/mol. The standard InChI is InChI=1S/C10H16BrNO2S/c11-9-2-1-5-12(10(9)13)8-3-6-15(14)7-4-8/h8-9H,1-7H2. The van der Waals surface area contributed by atoms with Crippen LogP contribution in [0.4, 0.5) is 0 Å². The molecule has 5 heteroatoms. The fraction of sp³-hybridized carbons (Fsp3) is 0.900. The summed E-state index contributed by atoms with van der Waals surface area (Å²) in [6.45, 7) is 0.887. The number of hydrogen-bond donors (Lipinski definition) is 0. The van der Waals surface area contributed by atoms with E-state index >= 15 is 0 Å². The minimum atomic E-state index is -0.635. The Morgan fingerprint density at radius 3 is 2.60 bits per heavy atom. The van der Waals surface area contributed by atoms with Crippen LogP contribution in [-0.4, -0.2) is 43.9 Å². The van der Waals surface area contributed by atoms with Gasteiger partial charge in [0, 0.05) is 34.9 Å². The lowest BCUT2D eigenvalue weighted by molar-refractivity contribution is -0.135. The largest absolute Gasteiger partial charge is 0.339 e. The summed E-state index contributed by atoms with van der Waals surface area (Å²) in [5, 5.41) is 0. The number of nitrogens with zero attached hydrogens (tertiary/aromatic N) is 1. The van der Waals surface area contributed by atoms with Gasteiger partial charge in [-0.1, -0.05) is 15.9 Å². The Kier molecular flexibility index (Phi) is 3.83. The summed E-state index contributed by atoms with van der Waals surface area (Å²) in [4.78, 5) is 13.9. The molecule has 1 unspecified atom stereocenters. The molecule has 2 fully saturated rings. The van der Waals surface area contributed by atoms with Crippen LogP contribution in [0.2, 0.25) is 0 Å². The number of hydrogen-bond acceptors (Lipinski definition) is 2. The van der Waals surface area contributed by atoms with Crippen LogP contribution in [-0.2, 0) is 15.6 Å². The van der Waals surface area contributed by atoms with Crippen LogP contribution in [0.3, 0.4) is 0 Å². The van der Waals surface area contributed by atoms with E-state index in [1.807, 2.05) is 4.90 Å².